The molecular formula is C16H22OSi. The highest BCUT2D eigenvalue weighted by atomic mass is 28.3. The summed E-state index contributed by atoms with van der Waals surface area (Å²) >= 11 is 0. The van der Waals surface area contributed by atoms with Crippen molar-refractivity contribution in [3.8, 4) is 0 Å². The van der Waals surface area contributed by atoms with Crippen molar-refractivity contribution in [1.29, 1.82) is 0 Å². The first kappa shape index (κ1) is 13.3. The lowest BCUT2D eigenvalue weighted by atomic mass is 10.0. The number of rotatable bonds is 5. The van der Waals surface area contributed by atoms with E-state index < -0.39 is 9.04 Å². The average molecular weight is 258 g/mol. The van der Waals surface area contributed by atoms with E-state index >= 15 is 0 Å². The minimum atomic E-state index is -1.19. The maximum Gasteiger partial charge on any atom is 0.208 e. The Bertz CT molecular complexity index is 419. The molecule has 2 rings (SSSR count). The summed E-state index contributed by atoms with van der Waals surface area (Å²) in [5.74, 6) is 0. The third kappa shape index (κ3) is 3.00. The molecule has 18 heavy (non-hydrogen) atoms. The van der Waals surface area contributed by atoms with Crippen LogP contribution in [0.2, 0.25) is 6.04 Å². The molecule has 0 spiro atoms. The topological polar surface area (TPSA) is 9.23 Å². The van der Waals surface area contributed by atoms with Crippen LogP contribution in [-0.4, -0.2) is 15.6 Å². The molecule has 1 saturated heterocycles. The predicted octanol–water partition coefficient (Wildman–Crippen LogP) is 2.88. The third-order valence-corrected chi connectivity index (χ3v) is 6.35. The molecule has 1 aromatic carbocycles. The molecule has 2 heteroatoms. The maximum atomic E-state index is 6.06. The first-order valence-electron chi connectivity index (χ1n) is 6.81. The van der Waals surface area contributed by atoms with Crippen LogP contribution in [0.15, 0.2) is 43.5 Å². The van der Waals surface area contributed by atoms with Crippen LogP contribution >= 0.6 is 0 Å². The van der Waals surface area contributed by atoms with Crippen LogP contribution in [0.1, 0.15) is 24.0 Å². The predicted molar refractivity (Wildman–Crippen MR) is 81.0 cm³/mol. The Morgan fingerprint density at radius 3 is 2.67 bits per heavy atom. The highest BCUT2D eigenvalue weighted by Crippen LogP contribution is 2.16. The van der Waals surface area contributed by atoms with E-state index in [4.69, 9.17) is 4.43 Å². The van der Waals surface area contributed by atoms with E-state index in [1.807, 2.05) is 12.2 Å². The fourth-order valence-corrected chi connectivity index (χ4v) is 5.47. The van der Waals surface area contributed by atoms with Crippen LogP contribution in [0, 0.1) is 0 Å². The van der Waals surface area contributed by atoms with Gasteiger partial charge < -0.3 is 4.43 Å². The Morgan fingerprint density at radius 2 is 2.00 bits per heavy atom. The van der Waals surface area contributed by atoms with Crippen molar-refractivity contribution in [3.05, 3.63) is 54.6 Å². The molecule has 1 fully saturated rings. The Balaban J connectivity index is 2.34. The van der Waals surface area contributed by atoms with Crippen molar-refractivity contribution in [2.45, 2.75) is 31.7 Å². The van der Waals surface area contributed by atoms with Crippen molar-refractivity contribution >= 4 is 14.2 Å². The fraction of sp³-hybridized carbons (Fsp3) is 0.375. The standard InChI is InChI=1S/C16H22OSi/c1-3-8-14-10-7-11-16(15(14)9-4-2)18-13-6-5-12-17-18/h3-4,7,10-11,18H,1-2,5-6,8-9,12-13H2. The van der Waals surface area contributed by atoms with E-state index in [1.54, 1.807) is 0 Å². The largest absolute Gasteiger partial charge is 0.415 e. The summed E-state index contributed by atoms with van der Waals surface area (Å²) in [5.41, 5.74) is 2.84. The minimum absolute atomic E-state index is 0.943. The highest BCUT2D eigenvalue weighted by Gasteiger charge is 2.21. The highest BCUT2D eigenvalue weighted by molar-refractivity contribution is 6.68. The van der Waals surface area contributed by atoms with Crippen molar-refractivity contribution in [3.63, 3.8) is 0 Å². The quantitative estimate of drug-likeness (QED) is 0.583. The molecule has 0 bridgehead atoms. The van der Waals surface area contributed by atoms with Gasteiger partial charge in [-0.15, -0.1) is 13.2 Å². The lowest BCUT2D eigenvalue weighted by Crippen LogP contribution is -2.39. The molecule has 0 saturated carbocycles. The summed E-state index contributed by atoms with van der Waals surface area (Å²) in [6, 6.07) is 7.93. The summed E-state index contributed by atoms with van der Waals surface area (Å²) in [6.07, 6.45) is 8.44. The van der Waals surface area contributed by atoms with Gasteiger partial charge in [0.1, 0.15) is 0 Å². The normalized spacial score (nSPS) is 19.4. The van der Waals surface area contributed by atoms with Crippen molar-refractivity contribution in [2.75, 3.05) is 6.61 Å². The molecular weight excluding hydrogens is 236 g/mol. The molecule has 0 aliphatic carbocycles. The molecule has 0 N–H and O–H groups in total. The van der Waals surface area contributed by atoms with E-state index in [2.05, 4.69) is 31.4 Å². The van der Waals surface area contributed by atoms with Crippen LogP contribution in [0.4, 0.5) is 0 Å². The van der Waals surface area contributed by atoms with Crippen LogP contribution in [0.5, 0.6) is 0 Å². The molecule has 0 aromatic heterocycles. The molecule has 1 atom stereocenters. The number of allylic oxidation sites excluding steroid dienone is 2. The van der Waals surface area contributed by atoms with Crippen molar-refractivity contribution in [2.24, 2.45) is 0 Å². The zero-order valence-corrected chi connectivity index (χ0v) is 12.2. The Kier molecular flexibility index (Phi) is 4.97. The van der Waals surface area contributed by atoms with Gasteiger partial charge in [-0.2, -0.15) is 0 Å². The van der Waals surface area contributed by atoms with E-state index in [-0.39, 0.29) is 0 Å². The van der Waals surface area contributed by atoms with Gasteiger partial charge in [-0.25, -0.2) is 0 Å². The summed E-state index contributed by atoms with van der Waals surface area (Å²) in [7, 11) is -1.19. The fourth-order valence-electron chi connectivity index (χ4n) is 2.68. The number of benzene rings is 1. The molecule has 0 amide bonds. The van der Waals surface area contributed by atoms with Gasteiger partial charge in [0.05, 0.1) is 0 Å². The van der Waals surface area contributed by atoms with Crippen molar-refractivity contribution in [1.82, 2.24) is 0 Å². The summed E-state index contributed by atoms with van der Waals surface area (Å²) in [4.78, 5) is 0. The molecule has 96 valence electrons. The first-order valence-corrected chi connectivity index (χ1v) is 8.67. The minimum Gasteiger partial charge on any atom is -0.415 e. The lowest BCUT2D eigenvalue weighted by molar-refractivity contribution is 0.294. The second kappa shape index (κ2) is 6.71. The van der Waals surface area contributed by atoms with Crippen LogP contribution in [0.25, 0.3) is 0 Å². The molecule has 0 radical (unpaired) electrons. The van der Waals surface area contributed by atoms with Crippen LogP contribution in [-0.2, 0) is 17.3 Å². The van der Waals surface area contributed by atoms with E-state index in [1.165, 1.54) is 35.2 Å². The van der Waals surface area contributed by atoms with Gasteiger partial charge in [0, 0.05) is 6.61 Å². The molecule has 1 nitrogen and oxygen atoms in total. The second-order valence-electron chi connectivity index (χ2n) is 4.83. The second-order valence-corrected chi connectivity index (χ2v) is 7.34. The molecule has 1 aromatic rings. The van der Waals surface area contributed by atoms with Gasteiger partial charge in [0.15, 0.2) is 0 Å². The average Bonchev–Trinajstić information content (AvgIpc) is 2.42. The zero-order valence-electron chi connectivity index (χ0n) is 11.0. The van der Waals surface area contributed by atoms with Gasteiger partial charge in [-0.3, -0.25) is 0 Å². The summed E-state index contributed by atoms with van der Waals surface area (Å²) in [6.45, 7) is 8.70. The van der Waals surface area contributed by atoms with E-state index in [0.717, 1.165) is 19.4 Å². The van der Waals surface area contributed by atoms with Gasteiger partial charge in [-0.1, -0.05) is 36.8 Å². The first-order chi connectivity index (χ1) is 8.86. The lowest BCUT2D eigenvalue weighted by Gasteiger charge is -2.24. The van der Waals surface area contributed by atoms with Crippen LogP contribution < -0.4 is 5.19 Å². The molecule has 1 aliphatic rings. The maximum absolute atomic E-state index is 6.06. The van der Waals surface area contributed by atoms with Gasteiger partial charge >= 0.3 is 0 Å². The van der Waals surface area contributed by atoms with Gasteiger partial charge in [0.2, 0.25) is 9.04 Å². The summed E-state index contributed by atoms with van der Waals surface area (Å²) in [5, 5.41) is 1.49. The van der Waals surface area contributed by atoms with Gasteiger partial charge in [0.25, 0.3) is 0 Å². The Labute approximate surface area is 112 Å². The van der Waals surface area contributed by atoms with Crippen molar-refractivity contribution < 1.29 is 4.43 Å². The third-order valence-electron chi connectivity index (χ3n) is 3.55. The molecule has 1 aliphatic heterocycles. The number of hydrogen-bond donors (Lipinski definition) is 0. The van der Waals surface area contributed by atoms with E-state index in [0.29, 0.717) is 0 Å². The monoisotopic (exact) mass is 258 g/mol. The smallest absolute Gasteiger partial charge is 0.208 e. The molecule has 1 unspecified atom stereocenters. The Hall–Kier alpha value is -1.12. The zero-order chi connectivity index (χ0) is 12.8. The van der Waals surface area contributed by atoms with E-state index in [9.17, 15) is 0 Å². The number of hydrogen-bond acceptors (Lipinski definition) is 1. The molecule has 1 heterocycles. The Morgan fingerprint density at radius 1 is 1.17 bits per heavy atom. The van der Waals surface area contributed by atoms with Crippen LogP contribution in [0.3, 0.4) is 0 Å². The SMILES string of the molecule is C=CCc1cccc([SiH]2CCCCO2)c1CC=C. The van der Waals surface area contributed by atoms with Gasteiger partial charge in [-0.05, 0) is 41.6 Å². The summed E-state index contributed by atoms with van der Waals surface area (Å²) < 4.78 is 6.06.